The van der Waals surface area contributed by atoms with E-state index in [4.69, 9.17) is 17.9 Å². The molecular weight excluding hydrogens is 314 g/mol. The Kier molecular flexibility index (Phi) is 4.76. The van der Waals surface area contributed by atoms with Crippen molar-refractivity contribution in [2.45, 2.75) is 36.5 Å². The molecule has 0 spiro atoms. The summed E-state index contributed by atoms with van der Waals surface area (Å²) >= 11 is 0. The maximum absolute atomic E-state index is 12.3. The number of terminal acetylenes is 1. The van der Waals surface area contributed by atoms with Gasteiger partial charge in [0.15, 0.2) is 15.8 Å². The van der Waals surface area contributed by atoms with E-state index < -0.39 is 21.7 Å². The highest BCUT2D eigenvalue weighted by molar-refractivity contribution is 7.90. The molecule has 0 unspecified atom stereocenters. The lowest BCUT2D eigenvalue weighted by molar-refractivity contribution is 0.100. The van der Waals surface area contributed by atoms with Gasteiger partial charge in [0.1, 0.15) is 0 Å². The van der Waals surface area contributed by atoms with Crippen molar-refractivity contribution in [2.75, 3.05) is 6.26 Å². The molecule has 1 aliphatic carbocycles. The second-order valence-corrected chi connectivity index (χ2v) is 7.60. The first-order valence-corrected chi connectivity index (χ1v) is 9.12. The summed E-state index contributed by atoms with van der Waals surface area (Å²) in [4.78, 5) is 15.6. The molecule has 0 aliphatic heterocycles. The van der Waals surface area contributed by atoms with Crippen LogP contribution >= 0.6 is 0 Å². The Labute approximate surface area is 135 Å². The Hall–Kier alpha value is -2.33. The van der Waals surface area contributed by atoms with Gasteiger partial charge in [0.25, 0.3) is 5.91 Å². The minimum Gasteiger partial charge on any atom is -0.370 e. The first-order chi connectivity index (χ1) is 10.8. The van der Waals surface area contributed by atoms with Gasteiger partial charge in [0, 0.05) is 6.26 Å². The predicted octanol–water partition coefficient (Wildman–Crippen LogP) is 1.14. The van der Waals surface area contributed by atoms with Crippen LogP contribution < -0.4 is 11.5 Å². The number of nitrogens with two attached hydrogens (primary N) is 2. The lowest BCUT2D eigenvalue weighted by Crippen LogP contribution is -2.24. The van der Waals surface area contributed by atoms with E-state index in [1.54, 1.807) is 6.07 Å². The van der Waals surface area contributed by atoms with Gasteiger partial charge in [-0.2, -0.15) is 4.99 Å². The highest BCUT2D eigenvalue weighted by Gasteiger charge is 2.28. The van der Waals surface area contributed by atoms with Crippen LogP contribution in [0.5, 0.6) is 0 Å². The number of guanidine groups is 1. The van der Waals surface area contributed by atoms with Crippen LogP contribution in [0.15, 0.2) is 22.0 Å². The van der Waals surface area contributed by atoms with Crippen molar-refractivity contribution < 1.29 is 13.2 Å². The smallest absolute Gasteiger partial charge is 0.281 e. The van der Waals surface area contributed by atoms with Crippen molar-refractivity contribution in [1.29, 1.82) is 0 Å². The number of rotatable bonds is 3. The molecule has 1 aromatic rings. The maximum Gasteiger partial charge on any atom is 0.281 e. The lowest BCUT2D eigenvalue weighted by atomic mass is 9.93. The summed E-state index contributed by atoms with van der Waals surface area (Å²) in [5.74, 6) is 1.32. The molecule has 0 radical (unpaired) electrons. The molecule has 0 bridgehead atoms. The molecule has 0 atom stereocenters. The predicted molar refractivity (Wildman–Crippen MR) is 88.8 cm³/mol. The summed E-state index contributed by atoms with van der Waals surface area (Å²) < 4.78 is 24.6. The van der Waals surface area contributed by atoms with Gasteiger partial charge in [-0.05, 0) is 30.4 Å². The Morgan fingerprint density at radius 2 is 1.91 bits per heavy atom. The number of hydrogen-bond donors (Lipinski definition) is 2. The van der Waals surface area contributed by atoms with Crippen LogP contribution in [0.2, 0.25) is 0 Å². The third-order valence-electron chi connectivity index (χ3n) is 3.96. The van der Waals surface area contributed by atoms with Gasteiger partial charge >= 0.3 is 0 Å². The van der Waals surface area contributed by atoms with E-state index >= 15 is 0 Å². The number of carbonyl (C=O) groups excluding carboxylic acids is 1. The van der Waals surface area contributed by atoms with Crippen LogP contribution in [0, 0.1) is 12.3 Å². The number of amides is 1. The van der Waals surface area contributed by atoms with E-state index in [1.807, 2.05) is 0 Å². The van der Waals surface area contributed by atoms with Crippen LogP contribution in [-0.2, 0) is 9.84 Å². The van der Waals surface area contributed by atoms with Gasteiger partial charge in [0.2, 0.25) is 0 Å². The van der Waals surface area contributed by atoms with Gasteiger partial charge in [-0.15, -0.1) is 6.42 Å². The molecule has 1 fully saturated rings. The zero-order valence-corrected chi connectivity index (χ0v) is 13.7. The van der Waals surface area contributed by atoms with Crippen molar-refractivity contribution in [1.82, 2.24) is 0 Å². The topological polar surface area (TPSA) is 116 Å². The van der Waals surface area contributed by atoms with Crippen molar-refractivity contribution in [3.05, 3.63) is 28.8 Å². The molecule has 1 saturated carbocycles. The zero-order valence-electron chi connectivity index (χ0n) is 12.9. The van der Waals surface area contributed by atoms with Gasteiger partial charge in [-0.3, -0.25) is 4.79 Å². The monoisotopic (exact) mass is 333 g/mol. The highest BCUT2D eigenvalue weighted by atomic mass is 32.2. The molecule has 7 heteroatoms. The average molecular weight is 333 g/mol. The van der Waals surface area contributed by atoms with E-state index in [9.17, 15) is 13.2 Å². The number of sulfone groups is 1. The summed E-state index contributed by atoms with van der Waals surface area (Å²) in [6.07, 6.45) is 10.5. The molecular formula is C16H19N3O3S. The van der Waals surface area contributed by atoms with Gasteiger partial charge in [0.05, 0.1) is 16.0 Å². The molecule has 1 amide bonds. The molecule has 0 saturated heterocycles. The number of hydrogen-bond acceptors (Lipinski definition) is 3. The fourth-order valence-corrected chi connectivity index (χ4v) is 4.26. The largest absolute Gasteiger partial charge is 0.370 e. The van der Waals surface area contributed by atoms with E-state index in [0.717, 1.165) is 31.9 Å². The molecule has 4 N–H and O–H groups in total. The Morgan fingerprint density at radius 1 is 1.30 bits per heavy atom. The summed E-state index contributed by atoms with van der Waals surface area (Å²) in [7, 11) is -3.60. The van der Waals surface area contributed by atoms with Gasteiger partial charge in [-0.1, -0.05) is 24.8 Å². The van der Waals surface area contributed by atoms with Crippen molar-refractivity contribution in [3.63, 3.8) is 0 Å². The summed E-state index contributed by atoms with van der Waals surface area (Å²) in [5.41, 5.74) is 11.2. The minimum absolute atomic E-state index is 0.0167. The molecule has 0 heterocycles. The summed E-state index contributed by atoms with van der Waals surface area (Å²) in [5, 5.41) is 0. The zero-order chi connectivity index (χ0) is 17.2. The van der Waals surface area contributed by atoms with E-state index in [-0.39, 0.29) is 21.9 Å². The fraction of sp³-hybridized carbons (Fsp3) is 0.375. The van der Waals surface area contributed by atoms with E-state index in [2.05, 4.69) is 10.9 Å². The van der Waals surface area contributed by atoms with E-state index in [1.165, 1.54) is 6.07 Å². The molecule has 6 nitrogen and oxygen atoms in total. The second-order valence-electron chi connectivity index (χ2n) is 5.65. The van der Waals surface area contributed by atoms with Crippen LogP contribution in [0.4, 0.5) is 0 Å². The number of aliphatic imine (C=N–C) groups is 1. The van der Waals surface area contributed by atoms with Crippen LogP contribution in [0.25, 0.3) is 0 Å². The minimum atomic E-state index is -3.60. The lowest BCUT2D eigenvalue weighted by Gasteiger charge is -2.17. The summed E-state index contributed by atoms with van der Waals surface area (Å²) in [6, 6.07) is 3.16. The van der Waals surface area contributed by atoms with Crippen molar-refractivity contribution in [3.8, 4) is 12.3 Å². The van der Waals surface area contributed by atoms with Crippen LogP contribution in [0.1, 0.15) is 53.1 Å². The molecule has 2 rings (SSSR count). The molecule has 1 aliphatic rings. The Morgan fingerprint density at radius 3 is 2.39 bits per heavy atom. The van der Waals surface area contributed by atoms with Crippen LogP contribution in [-0.4, -0.2) is 26.5 Å². The molecule has 122 valence electrons. The van der Waals surface area contributed by atoms with Gasteiger partial charge < -0.3 is 11.5 Å². The number of nitrogens with zero attached hydrogens (tertiary/aromatic N) is 1. The quantitative estimate of drug-likeness (QED) is 0.489. The Bertz CT molecular complexity index is 810. The van der Waals surface area contributed by atoms with E-state index in [0.29, 0.717) is 5.56 Å². The first kappa shape index (κ1) is 17.0. The van der Waals surface area contributed by atoms with Gasteiger partial charge in [-0.25, -0.2) is 8.42 Å². The fourth-order valence-electron chi connectivity index (χ4n) is 3.06. The average Bonchev–Trinajstić information content (AvgIpc) is 2.97. The van der Waals surface area contributed by atoms with Crippen LogP contribution in [0.3, 0.4) is 0 Å². The number of carbonyl (C=O) groups is 1. The van der Waals surface area contributed by atoms with Crippen molar-refractivity contribution in [2.24, 2.45) is 16.5 Å². The SMILES string of the molecule is C#Cc1c(C(=O)N=C(N)N)ccc(C2CCCC2)c1S(C)(=O)=O. The molecule has 0 aromatic heterocycles. The Balaban J connectivity index is 2.73. The molecule has 1 aromatic carbocycles. The third-order valence-corrected chi connectivity index (χ3v) is 5.14. The second kappa shape index (κ2) is 6.42. The third kappa shape index (κ3) is 3.54. The first-order valence-electron chi connectivity index (χ1n) is 7.23. The molecule has 23 heavy (non-hydrogen) atoms. The standard InChI is InChI=1S/C16H19N3O3S/c1-3-11-13(15(20)19-16(17)18)9-8-12(10-6-4-5-7-10)14(11)23(2,21)22/h1,8-10H,4-7H2,2H3,(H4,17,18,19,20). The van der Waals surface area contributed by atoms with Crippen molar-refractivity contribution >= 4 is 21.7 Å². The summed E-state index contributed by atoms with van der Waals surface area (Å²) in [6.45, 7) is 0. The normalized spacial score (nSPS) is 15.1. The maximum atomic E-state index is 12.3. The highest BCUT2D eigenvalue weighted by Crippen LogP contribution is 2.39. The number of benzene rings is 1.